The van der Waals surface area contributed by atoms with Gasteiger partial charge in [-0.25, -0.2) is 0 Å². The third-order valence-electron chi connectivity index (χ3n) is 5.96. The molecular formula is C21H33N. The Morgan fingerprint density at radius 3 is 2.09 bits per heavy atom. The summed E-state index contributed by atoms with van der Waals surface area (Å²) < 4.78 is 0. The molecule has 0 aliphatic heterocycles. The summed E-state index contributed by atoms with van der Waals surface area (Å²) in [5.74, 6) is 1.62. The lowest BCUT2D eigenvalue weighted by Gasteiger charge is -2.33. The summed E-state index contributed by atoms with van der Waals surface area (Å²) in [6, 6.07) is 10.1. The van der Waals surface area contributed by atoms with Crippen molar-refractivity contribution in [3.63, 3.8) is 0 Å². The first-order valence-corrected chi connectivity index (χ1v) is 9.63. The predicted molar refractivity (Wildman–Crippen MR) is 95.4 cm³/mol. The second-order valence-electron chi connectivity index (χ2n) is 7.66. The lowest BCUT2D eigenvalue weighted by molar-refractivity contribution is 0.279. The number of nitrogens with one attached hydrogen (secondary N) is 1. The summed E-state index contributed by atoms with van der Waals surface area (Å²) in [6.45, 7) is 3.39. The Labute approximate surface area is 136 Å². The summed E-state index contributed by atoms with van der Waals surface area (Å²) >= 11 is 0. The molecule has 2 aliphatic rings. The Morgan fingerprint density at radius 2 is 1.45 bits per heavy atom. The highest BCUT2D eigenvalue weighted by atomic mass is 14.9. The van der Waals surface area contributed by atoms with Crippen molar-refractivity contribution < 1.29 is 0 Å². The van der Waals surface area contributed by atoms with Crippen molar-refractivity contribution in [3.05, 3.63) is 35.4 Å². The zero-order chi connectivity index (χ0) is 15.2. The zero-order valence-corrected chi connectivity index (χ0v) is 14.3. The maximum absolute atomic E-state index is 3.93. The molecule has 1 nitrogen and oxygen atoms in total. The van der Waals surface area contributed by atoms with Gasteiger partial charge in [-0.15, -0.1) is 0 Å². The predicted octanol–water partition coefficient (Wildman–Crippen LogP) is 5.58. The highest BCUT2D eigenvalue weighted by Crippen LogP contribution is 2.36. The Morgan fingerprint density at radius 1 is 0.864 bits per heavy atom. The monoisotopic (exact) mass is 299 g/mol. The smallest absolute Gasteiger partial charge is 0.00673 e. The standard InChI is InChI=1S/C21H33N/c1-17-12-14-19(15-13-17)21(18-8-4-2-5-9-18)16-22-20-10-6-3-7-11-20/h12-15,18,20-22H,2-11,16H2,1H3. The molecule has 2 aliphatic carbocycles. The highest BCUT2D eigenvalue weighted by molar-refractivity contribution is 5.25. The fraction of sp³-hybridized carbons (Fsp3) is 0.714. The van der Waals surface area contributed by atoms with Crippen molar-refractivity contribution in [2.24, 2.45) is 5.92 Å². The van der Waals surface area contributed by atoms with E-state index in [0.29, 0.717) is 0 Å². The van der Waals surface area contributed by atoms with Crippen molar-refractivity contribution >= 4 is 0 Å². The summed E-state index contributed by atoms with van der Waals surface area (Å²) in [4.78, 5) is 0. The van der Waals surface area contributed by atoms with Gasteiger partial charge in [0, 0.05) is 12.6 Å². The minimum atomic E-state index is 0.725. The van der Waals surface area contributed by atoms with Crippen LogP contribution in [0.2, 0.25) is 0 Å². The number of hydrogen-bond donors (Lipinski definition) is 1. The SMILES string of the molecule is Cc1ccc(C(CNC2CCCCC2)C2CCCCC2)cc1. The van der Waals surface area contributed by atoms with Gasteiger partial charge in [0.05, 0.1) is 0 Å². The van der Waals surface area contributed by atoms with Gasteiger partial charge < -0.3 is 5.32 Å². The minimum Gasteiger partial charge on any atom is -0.313 e. The van der Waals surface area contributed by atoms with Crippen LogP contribution in [-0.2, 0) is 0 Å². The first-order chi connectivity index (χ1) is 10.8. The van der Waals surface area contributed by atoms with Crippen LogP contribution in [0, 0.1) is 12.8 Å². The molecule has 0 amide bonds. The molecule has 0 heterocycles. The van der Waals surface area contributed by atoms with Crippen LogP contribution in [0.15, 0.2) is 24.3 Å². The number of aryl methyl sites for hydroxylation is 1. The molecular weight excluding hydrogens is 266 g/mol. The van der Waals surface area contributed by atoms with Gasteiger partial charge in [0.15, 0.2) is 0 Å². The molecule has 0 bridgehead atoms. The van der Waals surface area contributed by atoms with Gasteiger partial charge in [-0.3, -0.25) is 0 Å². The second-order valence-corrected chi connectivity index (χ2v) is 7.66. The Balaban J connectivity index is 1.66. The van der Waals surface area contributed by atoms with Crippen LogP contribution >= 0.6 is 0 Å². The summed E-state index contributed by atoms with van der Waals surface area (Å²) in [6.07, 6.45) is 14.3. The average Bonchev–Trinajstić information content (AvgIpc) is 2.58. The fourth-order valence-electron chi connectivity index (χ4n) is 4.51. The minimum absolute atomic E-state index is 0.725. The molecule has 1 heteroatoms. The Hall–Kier alpha value is -0.820. The Bertz CT molecular complexity index is 424. The molecule has 1 atom stereocenters. The first-order valence-electron chi connectivity index (χ1n) is 9.63. The van der Waals surface area contributed by atoms with E-state index in [0.717, 1.165) is 17.9 Å². The molecule has 1 aromatic rings. The van der Waals surface area contributed by atoms with Gasteiger partial charge in [0.2, 0.25) is 0 Å². The van der Waals surface area contributed by atoms with E-state index in [1.54, 1.807) is 5.56 Å². The Kier molecular flexibility index (Phi) is 5.95. The number of benzene rings is 1. The molecule has 0 saturated heterocycles. The summed E-state index contributed by atoms with van der Waals surface area (Å²) in [7, 11) is 0. The van der Waals surface area contributed by atoms with Gasteiger partial charge in [-0.05, 0) is 50.0 Å². The van der Waals surface area contributed by atoms with Crippen LogP contribution in [0.25, 0.3) is 0 Å². The largest absolute Gasteiger partial charge is 0.313 e. The topological polar surface area (TPSA) is 12.0 Å². The van der Waals surface area contributed by atoms with Crippen LogP contribution in [0.5, 0.6) is 0 Å². The van der Waals surface area contributed by atoms with E-state index < -0.39 is 0 Å². The molecule has 0 spiro atoms. The van der Waals surface area contributed by atoms with E-state index in [9.17, 15) is 0 Å². The van der Waals surface area contributed by atoms with Gasteiger partial charge >= 0.3 is 0 Å². The van der Waals surface area contributed by atoms with Crippen molar-refractivity contribution in [2.75, 3.05) is 6.54 Å². The van der Waals surface area contributed by atoms with Crippen molar-refractivity contribution in [1.29, 1.82) is 0 Å². The maximum atomic E-state index is 3.93. The zero-order valence-electron chi connectivity index (χ0n) is 14.3. The molecule has 0 radical (unpaired) electrons. The van der Waals surface area contributed by atoms with E-state index in [4.69, 9.17) is 0 Å². The van der Waals surface area contributed by atoms with E-state index >= 15 is 0 Å². The lowest BCUT2D eigenvalue weighted by atomic mass is 9.76. The molecule has 122 valence electrons. The molecule has 2 saturated carbocycles. The van der Waals surface area contributed by atoms with Gasteiger partial charge in [-0.2, -0.15) is 0 Å². The molecule has 22 heavy (non-hydrogen) atoms. The third kappa shape index (κ3) is 4.35. The van der Waals surface area contributed by atoms with Crippen LogP contribution < -0.4 is 5.32 Å². The van der Waals surface area contributed by atoms with E-state index in [-0.39, 0.29) is 0 Å². The van der Waals surface area contributed by atoms with Gasteiger partial charge in [0.25, 0.3) is 0 Å². The highest BCUT2D eigenvalue weighted by Gasteiger charge is 2.26. The molecule has 1 aromatic carbocycles. The molecule has 3 rings (SSSR count). The second kappa shape index (κ2) is 8.15. The van der Waals surface area contributed by atoms with Crippen molar-refractivity contribution in [1.82, 2.24) is 5.32 Å². The quantitative estimate of drug-likeness (QED) is 0.748. The van der Waals surface area contributed by atoms with E-state index in [1.165, 1.54) is 76.3 Å². The van der Waals surface area contributed by atoms with Gasteiger partial charge in [-0.1, -0.05) is 68.4 Å². The van der Waals surface area contributed by atoms with Crippen molar-refractivity contribution in [2.45, 2.75) is 83.1 Å². The first kappa shape index (κ1) is 16.1. The maximum Gasteiger partial charge on any atom is 0.00673 e. The fourth-order valence-corrected chi connectivity index (χ4v) is 4.51. The normalized spacial score (nSPS) is 22.6. The van der Waals surface area contributed by atoms with Crippen LogP contribution in [0.1, 0.15) is 81.3 Å². The average molecular weight is 300 g/mol. The molecule has 1 N–H and O–H groups in total. The van der Waals surface area contributed by atoms with Crippen LogP contribution in [0.4, 0.5) is 0 Å². The molecule has 1 unspecified atom stereocenters. The van der Waals surface area contributed by atoms with Crippen LogP contribution in [-0.4, -0.2) is 12.6 Å². The molecule has 0 aromatic heterocycles. The number of hydrogen-bond acceptors (Lipinski definition) is 1. The van der Waals surface area contributed by atoms with Crippen molar-refractivity contribution in [3.8, 4) is 0 Å². The van der Waals surface area contributed by atoms with E-state index in [2.05, 4.69) is 36.5 Å². The van der Waals surface area contributed by atoms with Gasteiger partial charge in [0.1, 0.15) is 0 Å². The summed E-state index contributed by atoms with van der Waals surface area (Å²) in [5, 5.41) is 3.93. The summed E-state index contributed by atoms with van der Waals surface area (Å²) in [5.41, 5.74) is 2.95. The van der Waals surface area contributed by atoms with Crippen LogP contribution in [0.3, 0.4) is 0 Å². The third-order valence-corrected chi connectivity index (χ3v) is 5.96. The molecule has 2 fully saturated rings. The lowest BCUT2D eigenvalue weighted by Crippen LogP contribution is -2.36. The van der Waals surface area contributed by atoms with E-state index in [1.807, 2.05) is 0 Å². The number of rotatable bonds is 5.